The average Bonchev–Trinajstić information content (AvgIpc) is 3.21. The number of piperidine rings is 1. The third-order valence-corrected chi connectivity index (χ3v) is 6.31. The highest BCUT2D eigenvalue weighted by Gasteiger charge is 2.37. The molecule has 6 heteroatoms. The summed E-state index contributed by atoms with van der Waals surface area (Å²) in [6, 6.07) is 6.37. The molecule has 2 N–H and O–H groups in total. The Morgan fingerprint density at radius 3 is 2.93 bits per heavy atom. The molecule has 3 aliphatic heterocycles. The van der Waals surface area contributed by atoms with Crippen LogP contribution in [0.15, 0.2) is 35.8 Å². The first-order valence-electron chi connectivity index (χ1n) is 10.1. The summed E-state index contributed by atoms with van der Waals surface area (Å²) in [6.45, 7) is 10.9. The van der Waals surface area contributed by atoms with Crippen molar-refractivity contribution >= 4 is 5.82 Å². The lowest BCUT2D eigenvalue weighted by molar-refractivity contribution is 0.237. The molecule has 0 spiro atoms. The molecule has 1 fully saturated rings. The van der Waals surface area contributed by atoms with Gasteiger partial charge in [0, 0.05) is 11.3 Å². The van der Waals surface area contributed by atoms with E-state index < -0.39 is 0 Å². The lowest BCUT2D eigenvalue weighted by atomic mass is 9.81. The van der Waals surface area contributed by atoms with Crippen molar-refractivity contribution in [1.29, 1.82) is 0 Å². The van der Waals surface area contributed by atoms with Gasteiger partial charge in [0.05, 0.1) is 25.3 Å². The molecular formula is C22H25N5O. The molecule has 0 aliphatic carbocycles. The second-order valence-corrected chi connectivity index (χ2v) is 8.03. The summed E-state index contributed by atoms with van der Waals surface area (Å²) in [7, 11) is 2.16. The molecule has 2 aromatic rings. The Bertz CT molecular complexity index is 962. The summed E-state index contributed by atoms with van der Waals surface area (Å²) in [5.41, 5.74) is 5.24. The number of aromatic amines is 1. The molecule has 5 rings (SSSR count). The number of anilines is 1. The van der Waals surface area contributed by atoms with E-state index in [1.54, 1.807) is 0 Å². The average molecular weight is 375 g/mol. The summed E-state index contributed by atoms with van der Waals surface area (Å²) >= 11 is 0. The standard InChI is InChI=1S/C22H25N5O/c1-23-20-18(16-7-3-5-15-6-4-12-28-21(15)16)17-13-24-26-22(17)25-19(20)14-8-10-27(2)11-9-14/h3,5,7,13-14,18H,4,6,8-12H2,2H3,(H2,24,25,26). The van der Waals surface area contributed by atoms with Crippen molar-refractivity contribution in [2.45, 2.75) is 31.6 Å². The lowest BCUT2D eigenvalue weighted by Gasteiger charge is -2.35. The number of hydrogen-bond acceptors (Lipinski definition) is 4. The lowest BCUT2D eigenvalue weighted by Crippen LogP contribution is -2.34. The molecule has 1 atom stereocenters. The third kappa shape index (κ3) is 2.78. The summed E-state index contributed by atoms with van der Waals surface area (Å²) in [6.07, 6.45) is 6.07. The maximum Gasteiger partial charge on any atom is 0.196 e. The molecule has 1 saturated heterocycles. The molecule has 1 aromatic carbocycles. The first kappa shape index (κ1) is 17.3. The predicted molar refractivity (Wildman–Crippen MR) is 108 cm³/mol. The Balaban J connectivity index is 1.64. The van der Waals surface area contributed by atoms with Gasteiger partial charge in [0.2, 0.25) is 0 Å². The highest BCUT2D eigenvalue weighted by molar-refractivity contribution is 5.65. The van der Waals surface area contributed by atoms with Gasteiger partial charge in [-0.15, -0.1) is 0 Å². The minimum Gasteiger partial charge on any atom is -0.493 e. The van der Waals surface area contributed by atoms with Gasteiger partial charge in [-0.1, -0.05) is 18.2 Å². The van der Waals surface area contributed by atoms with Crippen molar-refractivity contribution in [2.75, 3.05) is 32.1 Å². The van der Waals surface area contributed by atoms with E-state index in [4.69, 9.17) is 11.3 Å². The Hall–Kier alpha value is -2.78. The Morgan fingerprint density at radius 2 is 2.11 bits per heavy atom. The van der Waals surface area contributed by atoms with Crippen molar-refractivity contribution in [3.05, 3.63) is 63.9 Å². The number of fused-ring (bicyclic) bond motifs is 2. The zero-order valence-electron chi connectivity index (χ0n) is 16.2. The molecule has 0 amide bonds. The van der Waals surface area contributed by atoms with Crippen molar-refractivity contribution in [2.24, 2.45) is 5.92 Å². The van der Waals surface area contributed by atoms with Gasteiger partial charge < -0.3 is 15.0 Å². The quantitative estimate of drug-likeness (QED) is 0.785. The molecule has 4 heterocycles. The predicted octanol–water partition coefficient (Wildman–Crippen LogP) is 3.76. The third-order valence-electron chi connectivity index (χ3n) is 6.31. The normalized spacial score (nSPS) is 22.6. The van der Waals surface area contributed by atoms with Crippen molar-refractivity contribution in [3.63, 3.8) is 0 Å². The van der Waals surface area contributed by atoms with Crippen LogP contribution in [0.2, 0.25) is 0 Å². The minimum atomic E-state index is -0.129. The van der Waals surface area contributed by atoms with Crippen molar-refractivity contribution in [1.82, 2.24) is 15.1 Å². The molecule has 28 heavy (non-hydrogen) atoms. The van der Waals surface area contributed by atoms with Crippen molar-refractivity contribution in [3.8, 4) is 5.75 Å². The Morgan fingerprint density at radius 1 is 1.25 bits per heavy atom. The van der Waals surface area contributed by atoms with Gasteiger partial charge in [-0.05, 0) is 62.9 Å². The summed E-state index contributed by atoms with van der Waals surface area (Å²) < 4.78 is 6.10. The smallest absolute Gasteiger partial charge is 0.196 e. The number of H-pyrrole nitrogens is 1. The van der Waals surface area contributed by atoms with Gasteiger partial charge in [-0.3, -0.25) is 5.10 Å². The van der Waals surface area contributed by atoms with Gasteiger partial charge >= 0.3 is 0 Å². The number of nitrogens with one attached hydrogen (secondary N) is 2. The van der Waals surface area contributed by atoms with Crippen LogP contribution < -0.4 is 10.1 Å². The molecule has 144 valence electrons. The molecule has 0 saturated carbocycles. The zero-order valence-corrected chi connectivity index (χ0v) is 16.2. The number of likely N-dealkylation sites (tertiary alicyclic amines) is 1. The van der Waals surface area contributed by atoms with E-state index >= 15 is 0 Å². The number of nitrogens with zero attached hydrogens (tertiary/aromatic N) is 3. The monoisotopic (exact) mass is 375 g/mol. The van der Waals surface area contributed by atoms with E-state index in [9.17, 15) is 0 Å². The van der Waals surface area contributed by atoms with E-state index in [0.29, 0.717) is 5.92 Å². The number of hydrogen-bond donors (Lipinski definition) is 2. The van der Waals surface area contributed by atoms with E-state index in [2.05, 4.69) is 50.5 Å². The largest absolute Gasteiger partial charge is 0.493 e. The second kappa shape index (κ2) is 6.99. The Kier molecular flexibility index (Phi) is 4.33. The number of para-hydroxylation sites is 1. The second-order valence-electron chi connectivity index (χ2n) is 8.03. The zero-order chi connectivity index (χ0) is 19.1. The van der Waals surface area contributed by atoms with Gasteiger partial charge in [-0.25, -0.2) is 4.85 Å². The van der Waals surface area contributed by atoms with Crippen LogP contribution in [0, 0.1) is 12.5 Å². The molecule has 3 aliphatic rings. The first-order valence-corrected chi connectivity index (χ1v) is 10.1. The molecule has 1 unspecified atom stereocenters. The van der Waals surface area contributed by atoms with Crippen LogP contribution in [0.4, 0.5) is 5.82 Å². The van der Waals surface area contributed by atoms with Crippen LogP contribution in [0.25, 0.3) is 4.85 Å². The number of aryl methyl sites for hydroxylation is 1. The molecule has 6 nitrogen and oxygen atoms in total. The number of benzene rings is 1. The number of aromatic nitrogens is 2. The van der Waals surface area contributed by atoms with E-state index in [-0.39, 0.29) is 5.92 Å². The highest BCUT2D eigenvalue weighted by atomic mass is 16.5. The summed E-state index contributed by atoms with van der Waals surface area (Å²) in [4.78, 5) is 6.42. The molecular weight excluding hydrogens is 350 g/mol. The Labute approximate surface area is 165 Å². The first-order chi connectivity index (χ1) is 13.8. The molecule has 0 bridgehead atoms. The van der Waals surface area contributed by atoms with Gasteiger partial charge in [0.1, 0.15) is 11.6 Å². The van der Waals surface area contributed by atoms with Crippen LogP contribution >= 0.6 is 0 Å². The fourth-order valence-corrected chi connectivity index (χ4v) is 4.81. The number of allylic oxidation sites excluding steroid dienone is 2. The van der Waals surface area contributed by atoms with Crippen LogP contribution in [-0.2, 0) is 6.42 Å². The molecule has 0 radical (unpaired) electrons. The fraction of sp³-hybridized carbons (Fsp3) is 0.455. The number of rotatable bonds is 2. The maximum absolute atomic E-state index is 8.05. The van der Waals surface area contributed by atoms with Crippen molar-refractivity contribution < 1.29 is 4.74 Å². The van der Waals surface area contributed by atoms with Crippen LogP contribution in [-0.4, -0.2) is 41.8 Å². The maximum atomic E-state index is 8.05. The fourth-order valence-electron chi connectivity index (χ4n) is 4.81. The SMILES string of the molecule is [C-]#[N+]C1=C(C2CCN(C)CC2)Nc2[nH]ncc2C1c1cccc2c1OCCC2. The van der Waals surface area contributed by atoms with Crippen LogP contribution in [0.5, 0.6) is 5.75 Å². The molecule has 1 aromatic heterocycles. The van der Waals surface area contributed by atoms with Gasteiger partial charge in [-0.2, -0.15) is 5.10 Å². The number of ether oxygens (including phenoxy) is 1. The highest BCUT2D eigenvalue weighted by Crippen LogP contribution is 2.48. The minimum absolute atomic E-state index is 0.129. The van der Waals surface area contributed by atoms with Gasteiger partial charge in [0.25, 0.3) is 0 Å². The topological polar surface area (TPSA) is 57.5 Å². The van der Waals surface area contributed by atoms with E-state index in [0.717, 1.165) is 79.5 Å². The summed E-state index contributed by atoms with van der Waals surface area (Å²) in [5.74, 6) is 2.13. The van der Waals surface area contributed by atoms with Gasteiger partial charge in [0.15, 0.2) is 5.70 Å². The van der Waals surface area contributed by atoms with E-state index in [1.807, 2.05) is 6.20 Å². The van der Waals surface area contributed by atoms with Crippen LogP contribution in [0.3, 0.4) is 0 Å². The van der Waals surface area contributed by atoms with Crippen LogP contribution in [0.1, 0.15) is 41.9 Å². The summed E-state index contributed by atoms with van der Waals surface area (Å²) in [5, 5.41) is 10.9. The van der Waals surface area contributed by atoms with E-state index in [1.165, 1.54) is 5.56 Å².